The van der Waals surface area contributed by atoms with Gasteiger partial charge in [0.25, 0.3) is 0 Å². The van der Waals surface area contributed by atoms with Crippen molar-refractivity contribution in [2.75, 3.05) is 19.8 Å². The highest BCUT2D eigenvalue weighted by Crippen LogP contribution is 2.18. The lowest BCUT2D eigenvalue weighted by Crippen LogP contribution is -2.31. The fourth-order valence-corrected chi connectivity index (χ4v) is 1.08. The number of amides is 1. The van der Waals surface area contributed by atoms with Gasteiger partial charge < -0.3 is 15.4 Å². The van der Waals surface area contributed by atoms with E-state index in [1.807, 2.05) is 0 Å². The second kappa shape index (κ2) is 5.98. The van der Waals surface area contributed by atoms with E-state index in [0.717, 1.165) is 19.4 Å². The van der Waals surface area contributed by atoms with Crippen molar-refractivity contribution < 1.29 is 9.53 Å². The molecule has 1 aliphatic carbocycles. The number of hydrogen-bond acceptors (Lipinski definition) is 3. The van der Waals surface area contributed by atoms with Gasteiger partial charge in [-0.05, 0) is 12.8 Å². The van der Waals surface area contributed by atoms with Gasteiger partial charge in [-0.3, -0.25) is 4.79 Å². The van der Waals surface area contributed by atoms with Crippen LogP contribution in [0.5, 0.6) is 0 Å². The molecular formula is C10H20N2O2. The molecule has 0 heterocycles. The molecule has 2 N–H and O–H groups in total. The van der Waals surface area contributed by atoms with Crippen LogP contribution in [0.15, 0.2) is 0 Å². The van der Waals surface area contributed by atoms with Gasteiger partial charge in [-0.25, -0.2) is 0 Å². The zero-order valence-electron chi connectivity index (χ0n) is 9.01. The molecular weight excluding hydrogens is 180 g/mol. The van der Waals surface area contributed by atoms with E-state index in [4.69, 9.17) is 4.74 Å². The maximum absolute atomic E-state index is 11.1. The van der Waals surface area contributed by atoms with Crippen molar-refractivity contribution >= 4 is 5.91 Å². The van der Waals surface area contributed by atoms with Crippen LogP contribution in [-0.4, -0.2) is 37.7 Å². The summed E-state index contributed by atoms with van der Waals surface area (Å²) in [4.78, 5) is 11.1. The molecule has 0 radical (unpaired) electrons. The first kappa shape index (κ1) is 11.5. The largest absolute Gasteiger partial charge is 0.370 e. The Bertz CT molecular complexity index is 179. The SMILES string of the molecule is CC(C)NCCOCC(=O)NC1CC1. The highest BCUT2D eigenvalue weighted by atomic mass is 16.5. The standard InChI is InChI=1S/C10H20N2O2/c1-8(2)11-5-6-14-7-10(13)12-9-3-4-9/h8-9,11H,3-7H2,1-2H3,(H,12,13). The molecule has 14 heavy (non-hydrogen) atoms. The lowest BCUT2D eigenvalue weighted by molar-refractivity contribution is -0.125. The van der Waals surface area contributed by atoms with Gasteiger partial charge in [0.05, 0.1) is 6.61 Å². The van der Waals surface area contributed by atoms with Crippen LogP contribution < -0.4 is 10.6 Å². The third kappa shape index (κ3) is 5.94. The summed E-state index contributed by atoms with van der Waals surface area (Å²) in [6, 6.07) is 0.902. The Balaban J connectivity index is 1.84. The third-order valence-electron chi connectivity index (χ3n) is 1.97. The maximum Gasteiger partial charge on any atom is 0.246 e. The normalized spacial score (nSPS) is 15.9. The number of hydrogen-bond donors (Lipinski definition) is 2. The van der Waals surface area contributed by atoms with Crippen LogP contribution in [0, 0.1) is 0 Å². The lowest BCUT2D eigenvalue weighted by atomic mass is 10.4. The molecule has 1 rings (SSSR count). The van der Waals surface area contributed by atoms with Crippen molar-refractivity contribution in [2.24, 2.45) is 0 Å². The molecule has 1 aliphatic rings. The van der Waals surface area contributed by atoms with Gasteiger partial charge in [-0.15, -0.1) is 0 Å². The van der Waals surface area contributed by atoms with E-state index < -0.39 is 0 Å². The molecule has 1 amide bonds. The summed E-state index contributed by atoms with van der Waals surface area (Å²) in [6.07, 6.45) is 2.25. The Morgan fingerprint density at radius 2 is 2.21 bits per heavy atom. The van der Waals surface area contributed by atoms with Gasteiger partial charge in [0.2, 0.25) is 5.91 Å². The van der Waals surface area contributed by atoms with Crippen molar-refractivity contribution in [1.29, 1.82) is 0 Å². The first-order valence-electron chi connectivity index (χ1n) is 5.29. The van der Waals surface area contributed by atoms with E-state index in [-0.39, 0.29) is 12.5 Å². The van der Waals surface area contributed by atoms with Crippen molar-refractivity contribution in [2.45, 2.75) is 38.8 Å². The third-order valence-corrected chi connectivity index (χ3v) is 1.97. The van der Waals surface area contributed by atoms with Crippen molar-refractivity contribution in [3.63, 3.8) is 0 Å². The minimum absolute atomic E-state index is 0.0112. The average molecular weight is 200 g/mol. The molecule has 0 aliphatic heterocycles. The predicted molar refractivity (Wildman–Crippen MR) is 55.1 cm³/mol. The predicted octanol–water partition coefficient (Wildman–Crippen LogP) is 0.280. The molecule has 4 nitrogen and oxygen atoms in total. The van der Waals surface area contributed by atoms with Gasteiger partial charge in [0.15, 0.2) is 0 Å². The van der Waals surface area contributed by atoms with Gasteiger partial charge in [0.1, 0.15) is 6.61 Å². The highest BCUT2D eigenvalue weighted by Gasteiger charge is 2.22. The minimum Gasteiger partial charge on any atom is -0.370 e. The molecule has 4 heteroatoms. The Morgan fingerprint density at radius 1 is 1.50 bits per heavy atom. The fraction of sp³-hybridized carbons (Fsp3) is 0.900. The first-order chi connectivity index (χ1) is 6.68. The molecule has 1 fully saturated rings. The van der Waals surface area contributed by atoms with Crippen molar-refractivity contribution in [1.82, 2.24) is 10.6 Å². The van der Waals surface area contributed by atoms with E-state index >= 15 is 0 Å². The van der Waals surface area contributed by atoms with Gasteiger partial charge in [0, 0.05) is 18.6 Å². The summed E-state index contributed by atoms with van der Waals surface area (Å²) in [6.45, 7) is 5.75. The van der Waals surface area contributed by atoms with E-state index in [2.05, 4.69) is 24.5 Å². The Morgan fingerprint density at radius 3 is 2.79 bits per heavy atom. The summed E-state index contributed by atoms with van der Waals surface area (Å²) in [5, 5.41) is 6.08. The van der Waals surface area contributed by atoms with Crippen LogP contribution in [0.2, 0.25) is 0 Å². The summed E-state index contributed by atoms with van der Waals surface area (Å²) < 4.78 is 5.20. The molecule has 0 unspecified atom stereocenters. The van der Waals surface area contributed by atoms with Crippen molar-refractivity contribution in [3.8, 4) is 0 Å². The topological polar surface area (TPSA) is 50.4 Å². The Labute approximate surface area is 85.4 Å². The highest BCUT2D eigenvalue weighted by molar-refractivity contribution is 5.77. The van der Waals surface area contributed by atoms with E-state index in [9.17, 15) is 4.79 Å². The first-order valence-corrected chi connectivity index (χ1v) is 5.29. The van der Waals surface area contributed by atoms with Gasteiger partial charge in [-0.2, -0.15) is 0 Å². The maximum atomic E-state index is 11.1. The molecule has 82 valence electrons. The van der Waals surface area contributed by atoms with Crippen LogP contribution >= 0.6 is 0 Å². The smallest absolute Gasteiger partial charge is 0.246 e. The number of carbonyl (C=O) groups excluding carboxylic acids is 1. The lowest BCUT2D eigenvalue weighted by Gasteiger charge is -2.08. The summed E-state index contributed by atoms with van der Waals surface area (Å²) in [7, 11) is 0. The molecule has 0 bridgehead atoms. The average Bonchev–Trinajstić information content (AvgIpc) is 2.87. The summed E-state index contributed by atoms with van der Waals surface area (Å²) in [5.41, 5.74) is 0. The molecule has 0 aromatic rings. The fourth-order valence-electron chi connectivity index (χ4n) is 1.08. The van der Waals surface area contributed by atoms with Crippen LogP contribution in [0.3, 0.4) is 0 Å². The molecule has 0 aromatic carbocycles. The summed E-state index contributed by atoms with van der Waals surface area (Å²) >= 11 is 0. The second-order valence-corrected chi connectivity index (χ2v) is 4.00. The number of ether oxygens (including phenoxy) is 1. The zero-order valence-corrected chi connectivity index (χ0v) is 9.01. The summed E-state index contributed by atoms with van der Waals surface area (Å²) in [5.74, 6) is 0.0112. The Hall–Kier alpha value is -0.610. The molecule has 0 saturated heterocycles. The second-order valence-electron chi connectivity index (χ2n) is 4.00. The van der Waals surface area contributed by atoms with E-state index in [1.165, 1.54) is 0 Å². The number of nitrogens with one attached hydrogen (secondary N) is 2. The molecule has 1 saturated carbocycles. The molecule has 0 atom stereocenters. The van der Waals surface area contributed by atoms with Crippen LogP contribution in [0.4, 0.5) is 0 Å². The number of rotatable bonds is 7. The van der Waals surface area contributed by atoms with Crippen molar-refractivity contribution in [3.05, 3.63) is 0 Å². The zero-order chi connectivity index (χ0) is 10.4. The monoisotopic (exact) mass is 200 g/mol. The molecule has 0 spiro atoms. The van der Waals surface area contributed by atoms with Gasteiger partial charge in [-0.1, -0.05) is 13.8 Å². The van der Waals surface area contributed by atoms with Crippen LogP contribution in [0.1, 0.15) is 26.7 Å². The van der Waals surface area contributed by atoms with Gasteiger partial charge >= 0.3 is 0 Å². The quantitative estimate of drug-likeness (QED) is 0.580. The Kier molecular flexibility index (Phi) is 4.90. The minimum atomic E-state index is 0.0112. The van der Waals surface area contributed by atoms with Crippen LogP contribution in [-0.2, 0) is 9.53 Å². The number of carbonyl (C=O) groups is 1. The van der Waals surface area contributed by atoms with Crippen LogP contribution in [0.25, 0.3) is 0 Å². The molecule has 0 aromatic heterocycles. The van der Waals surface area contributed by atoms with E-state index in [1.54, 1.807) is 0 Å². The van der Waals surface area contributed by atoms with E-state index in [0.29, 0.717) is 18.7 Å².